The Morgan fingerprint density at radius 3 is 2.78 bits per heavy atom. The van der Waals surface area contributed by atoms with Gasteiger partial charge in [-0.1, -0.05) is 18.6 Å². The van der Waals surface area contributed by atoms with E-state index >= 15 is 0 Å². The number of primary amides is 2. The van der Waals surface area contributed by atoms with Crippen molar-refractivity contribution in [3.05, 3.63) is 35.9 Å². The number of amides is 3. The van der Waals surface area contributed by atoms with Crippen LogP contribution in [0.3, 0.4) is 0 Å². The second kappa shape index (κ2) is 8.41. The van der Waals surface area contributed by atoms with Gasteiger partial charge in [-0.2, -0.15) is 0 Å². The monoisotopic (exact) mass is 388 g/mol. The zero-order valence-corrected chi connectivity index (χ0v) is 16.1. The molecule has 0 radical (unpaired) electrons. The number of likely N-dealkylation sites (tertiary alicyclic amines) is 1. The molecule has 0 bridgehead atoms. The van der Waals surface area contributed by atoms with Crippen molar-refractivity contribution in [3.63, 3.8) is 0 Å². The largest absolute Gasteiger partial charge is 0.491 e. The van der Waals surface area contributed by atoms with Crippen LogP contribution in [-0.4, -0.2) is 43.1 Å². The molecule has 7 nitrogen and oxygen atoms in total. The third-order valence-corrected chi connectivity index (χ3v) is 5.82. The van der Waals surface area contributed by atoms with Gasteiger partial charge in [0.15, 0.2) is 0 Å². The number of benzene rings is 1. The molecule has 1 aliphatic heterocycles. The fraction of sp³-hybridized carbons (Fsp3) is 0.368. The van der Waals surface area contributed by atoms with E-state index in [-0.39, 0.29) is 5.56 Å². The van der Waals surface area contributed by atoms with Crippen LogP contribution in [0.25, 0.3) is 10.4 Å². The molecule has 1 aromatic heterocycles. The van der Waals surface area contributed by atoms with E-state index in [2.05, 4.69) is 17.3 Å². The predicted octanol–water partition coefficient (Wildman–Crippen LogP) is 2.87. The van der Waals surface area contributed by atoms with Crippen molar-refractivity contribution in [1.29, 1.82) is 0 Å². The Bertz CT molecular complexity index is 836. The van der Waals surface area contributed by atoms with Crippen molar-refractivity contribution < 1.29 is 14.3 Å². The molecule has 0 aliphatic carbocycles. The highest BCUT2D eigenvalue weighted by atomic mass is 32.1. The Labute approximate surface area is 162 Å². The molecule has 3 rings (SSSR count). The van der Waals surface area contributed by atoms with Crippen molar-refractivity contribution in [2.75, 3.05) is 25.5 Å². The van der Waals surface area contributed by atoms with Gasteiger partial charge in [-0.15, -0.1) is 11.3 Å². The lowest BCUT2D eigenvalue weighted by Crippen LogP contribution is -2.40. The summed E-state index contributed by atoms with van der Waals surface area (Å²) in [6, 6.07) is 8.95. The van der Waals surface area contributed by atoms with Crippen LogP contribution in [0, 0.1) is 0 Å². The number of para-hydroxylation sites is 1. The minimum atomic E-state index is -0.740. The highest BCUT2D eigenvalue weighted by Crippen LogP contribution is 2.39. The quantitative estimate of drug-likeness (QED) is 0.706. The zero-order chi connectivity index (χ0) is 19.4. The third kappa shape index (κ3) is 4.58. The summed E-state index contributed by atoms with van der Waals surface area (Å²) in [5.74, 6) is 0.114. The first kappa shape index (κ1) is 19.2. The number of nitrogens with zero attached hydrogens (tertiary/aromatic N) is 1. The number of hydrogen-bond donors (Lipinski definition) is 3. The van der Waals surface area contributed by atoms with E-state index in [4.69, 9.17) is 16.2 Å². The van der Waals surface area contributed by atoms with Gasteiger partial charge in [0.25, 0.3) is 5.91 Å². The second-order valence-electron chi connectivity index (χ2n) is 6.64. The summed E-state index contributed by atoms with van der Waals surface area (Å²) in [4.78, 5) is 26.0. The van der Waals surface area contributed by atoms with E-state index in [1.807, 2.05) is 24.3 Å². The molecule has 1 fully saturated rings. The van der Waals surface area contributed by atoms with Gasteiger partial charge in [-0.05, 0) is 44.6 Å². The highest BCUT2D eigenvalue weighted by Gasteiger charge is 2.21. The molecule has 3 amide bonds. The number of carbonyl (C=O) groups excluding carboxylic acids is 2. The van der Waals surface area contributed by atoms with E-state index in [0.717, 1.165) is 29.2 Å². The van der Waals surface area contributed by atoms with Crippen molar-refractivity contribution in [2.45, 2.75) is 25.3 Å². The second-order valence-corrected chi connectivity index (χ2v) is 7.70. The van der Waals surface area contributed by atoms with E-state index in [1.54, 1.807) is 6.07 Å². The maximum atomic E-state index is 11.7. The molecule has 0 spiro atoms. The number of rotatable bonds is 6. The molecular weight excluding hydrogens is 364 g/mol. The summed E-state index contributed by atoms with van der Waals surface area (Å²) < 4.78 is 6.13. The van der Waals surface area contributed by atoms with Crippen LogP contribution < -0.4 is 21.5 Å². The number of hydrogen-bond acceptors (Lipinski definition) is 5. The fourth-order valence-corrected chi connectivity index (χ4v) is 4.34. The minimum Gasteiger partial charge on any atom is -0.491 e. The first-order valence-electron chi connectivity index (χ1n) is 8.88. The van der Waals surface area contributed by atoms with Crippen LogP contribution in [-0.2, 0) is 0 Å². The lowest BCUT2D eigenvalue weighted by atomic mass is 10.0. The van der Waals surface area contributed by atoms with Gasteiger partial charge in [-0.3, -0.25) is 10.1 Å². The molecule has 0 saturated carbocycles. The summed E-state index contributed by atoms with van der Waals surface area (Å²) in [6.07, 6.45) is 3.57. The number of likely N-dealkylation sites (N-methyl/N-ethyl adjacent to an activating group) is 1. The van der Waals surface area contributed by atoms with Crippen LogP contribution in [0.4, 0.5) is 9.80 Å². The van der Waals surface area contributed by atoms with Crippen LogP contribution in [0.5, 0.6) is 5.75 Å². The van der Waals surface area contributed by atoms with E-state index < -0.39 is 11.9 Å². The van der Waals surface area contributed by atoms with Gasteiger partial charge in [0.05, 0.1) is 5.56 Å². The Morgan fingerprint density at radius 1 is 1.30 bits per heavy atom. The highest BCUT2D eigenvalue weighted by molar-refractivity contribution is 7.20. The van der Waals surface area contributed by atoms with Crippen molar-refractivity contribution in [3.8, 4) is 16.2 Å². The van der Waals surface area contributed by atoms with Crippen LogP contribution in [0.15, 0.2) is 30.3 Å². The van der Waals surface area contributed by atoms with Gasteiger partial charge in [0.1, 0.15) is 17.4 Å². The lowest BCUT2D eigenvalue weighted by molar-refractivity contribution is 0.100. The van der Waals surface area contributed by atoms with Gasteiger partial charge in [0.2, 0.25) is 0 Å². The molecule has 144 valence electrons. The standard InChI is InChI=1S/C19H24N4O3S/c1-23-9-5-4-6-12(23)11-26-15-8-3-2-7-13(15)16-10-14(17(20)24)18(27-16)22-19(21)25/h2-3,7-8,10,12H,4-6,9,11H2,1H3,(H2,20,24)(H3,21,22,25). The Hall–Kier alpha value is -2.58. The van der Waals surface area contributed by atoms with Gasteiger partial charge < -0.3 is 21.1 Å². The molecule has 5 N–H and O–H groups in total. The number of piperidine rings is 1. The number of anilines is 1. The smallest absolute Gasteiger partial charge is 0.317 e. The molecule has 2 heterocycles. The summed E-state index contributed by atoms with van der Waals surface area (Å²) in [5.41, 5.74) is 11.7. The molecule has 1 aliphatic rings. The average Bonchev–Trinajstić information content (AvgIpc) is 3.04. The van der Waals surface area contributed by atoms with Crippen molar-refractivity contribution in [1.82, 2.24) is 4.90 Å². The lowest BCUT2D eigenvalue weighted by Gasteiger charge is -2.32. The third-order valence-electron chi connectivity index (χ3n) is 4.74. The Balaban J connectivity index is 1.85. The van der Waals surface area contributed by atoms with Crippen molar-refractivity contribution >= 4 is 28.3 Å². The summed E-state index contributed by atoms with van der Waals surface area (Å²) in [6.45, 7) is 1.69. The molecule has 27 heavy (non-hydrogen) atoms. The predicted molar refractivity (Wildman–Crippen MR) is 107 cm³/mol. The molecule has 1 saturated heterocycles. The summed E-state index contributed by atoms with van der Waals surface area (Å²) in [5, 5.41) is 2.80. The maximum absolute atomic E-state index is 11.7. The molecule has 1 unspecified atom stereocenters. The summed E-state index contributed by atoms with van der Waals surface area (Å²) >= 11 is 1.24. The molecule has 8 heteroatoms. The Kier molecular flexibility index (Phi) is 5.98. The van der Waals surface area contributed by atoms with Crippen LogP contribution >= 0.6 is 11.3 Å². The fourth-order valence-electron chi connectivity index (χ4n) is 3.25. The number of thiophene rings is 1. The van der Waals surface area contributed by atoms with Gasteiger partial charge in [-0.25, -0.2) is 4.79 Å². The van der Waals surface area contributed by atoms with E-state index in [9.17, 15) is 9.59 Å². The molecule has 1 aromatic carbocycles. The number of carbonyl (C=O) groups is 2. The number of ether oxygens (including phenoxy) is 1. The van der Waals surface area contributed by atoms with Gasteiger partial charge in [0, 0.05) is 16.5 Å². The first-order valence-corrected chi connectivity index (χ1v) is 9.70. The number of nitrogens with two attached hydrogens (primary N) is 2. The number of urea groups is 1. The van der Waals surface area contributed by atoms with E-state index in [1.165, 1.54) is 24.2 Å². The average molecular weight is 388 g/mol. The normalized spacial score (nSPS) is 17.4. The zero-order valence-electron chi connectivity index (χ0n) is 15.2. The Morgan fingerprint density at radius 2 is 2.07 bits per heavy atom. The van der Waals surface area contributed by atoms with Gasteiger partial charge >= 0.3 is 6.03 Å². The van der Waals surface area contributed by atoms with Crippen LogP contribution in [0.2, 0.25) is 0 Å². The van der Waals surface area contributed by atoms with E-state index in [0.29, 0.717) is 17.6 Å². The number of nitrogens with one attached hydrogen (secondary N) is 1. The molecule has 2 aromatic rings. The van der Waals surface area contributed by atoms with Crippen LogP contribution in [0.1, 0.15) is 29.6 Å². The molecular formula is C19H24N4O3S. The topological polar surface area (TPSA) is 111 Å². The minimum absolute atomic E-state index is 0.232. The SMILES string of the molecule is CN1CCCCC1COc1ccccc1-c1cc(C(N)=O)c(NC(N)=O)s1. The maximum Gasteiger partial charge on any atom is 0.317 e. The first-order chi connectivity index (χ1) is 13.0. The summed E-state index contributed by atoms with van der Waals surface area (Å²) in [7, 11) is 2.12. The van der Waals surface area contributed by atoms with Crippen molar-refractivity contribution in [2.24, 2.45) is 11.5 Å². The molecule has 1 atom stereocenters.